The molecule has 1 aliphatic heterocycles. The van der Waals surface area contributed by atoms with Gasteiger partial charge in [0.2, 0.25) is 5.95 Å². The number of amidine groups is 1. The SMILES string of the molecule is CC(C)(C)OC(=O)N1CCN(c2ccc(C(=O)N=C(N)C3(c4ccc(-c5cnc(N)nc5)cc4)CCC3)cn2)CC1. The van der Waals surface area contributed by atoms with Crippen LogP contribution in [0.4, 0.5) is 16.6 Å². The molecule has 0 unspecified atom stereocenters. The zero-order valence-corrected chi connectivity index (χ0v) is 23.7. The monoisotopic (exact) mass is 556 g/mol. The molecule has 0 atom stereocenters. The third kappa shape index (κ3) is 6.13. The Balaban J connectivity index is 1.23. The Bertz CT molecular complexity index is 1420. The highest BCUT2D eigenvalue weighted by atomic mass is 16.6. The second kappa shape index (κ2) is 11.1. The van der Waals surface area contributed by atoms with Gasteiger partial charge in [-0.3, -0.25) is 4.79 Å². The minimum absolute atomic E-state index is 0.232. The third-order valence-electron chi connectivity index (χ3n) is 7.61. The highest BCUT2D eigenvalue weighted by Crippen LogP contribution is 2.44. The van der Waals surface area contributed by atoms with Gasteiger partial charge in [0.25, 0.3) is 5.91 Å². The van der Waals surface area contributed by atoms with Crippen molar-refractivity contribution >= 4 is 29.6 Å². The summed E-state index contributed by atoms with van der Waals surface area (Å²) in [5, 5.41) is 0. The molecule has 214 valence electrons. The van der Waals surface area contributed by atoms with Crippen LogP contribution in [-0.4, -0.2) is 69.5 Å². The number of hydrogen-bond acceptors (Lipinski definition) is 8. The van der Waals surface area contributed by atoms with Crippen molar-refractivity contribution in [2.24, 2.45) is 10.7 Å². The van der Waals surface area contributed by atoms with Crippen LogP contribution in [0.5, 0.6) is 0 Å². The summed E-state index contributed by atoms with van der Waals surface area (Å²) in [6.07, 6.45) is 7.26. The Labute approximate surface area is 239 Å². The van der Waals surface area contributed by atoms with E-state index in [2.05, 4.69) is 24.8 Å². The molecule has 2 aromatic heterocycles. The molecule has 0 radical (unpaired) electrons. The molecule has 1 aliphatic carbocycles. The fourth-order valence-electron chi connectivity index (χ4n) is 5.12. The maximum Gasteiger partial charge on any atom is 0.410 e. The largest absolute Gasteiger partial charge is 0.444 e. The van der Waals surface area contributed by atoms with E-state index in [4.69, 9.17) is 16.2 Å². The normalized spacial score (nSPS) is 17.1. The van der Waals surface area contributed by atoms with E-state index < -0.39 is 16.9 Å². The van der Waals surface area contributed by atoms with Gasteiger partial charge in [0.1, 0.15) is 17.3 Å². The van der Waals surface area contributed by atoms with Crippen LogP contribution in [0.15, 0.2) is 60.0 Å². The molecule has 3 heterocycles. The maximum atomic E-state index is 13.1. The molecule has 41 heavy (non-hydrogen) atoms. The van der Waals surface area contributed by atoms with Crippen LogP contribution in [0, 0.1) is 0 Å². The second-order valence-corrected chi connectivity index (χ2v) is 11.5. The molecule has 11 heteroatoms. The fourth-order valence-corrected chi connectivity index (χ4v) is 5.12. The van der Waals surface area contributed by atoms with Crippen LogP contribution in [0.2, 0.25) is 0 Å². The van der Waals surface area contributed by atoms with E-state index in [0.29, 0.717) is 37.6 Å². The number of aromatic nitrogens is 3. The van der Waals surface area contributed by atoms with Crippen molar-refractivity contribution in [1.82, 2.24) is 19.9 Å². The number of benzene rings is 1. The molecular formula is C30H36N8O3. The van der Waals surface area contributed by atoms with Gasteiger partial charge in [-0.1, -0.05) is 30.7 Å². The molecule has 4 N–H and O–H groups in total. The lowest BCUT2D eigenvalue weighted by Crippen LogP contribution is -2.50. The van der Waals surface area contributed by atoms with E-state index >= 15 is 0 Å². The number of hydrogen-bond donors (Lipinski definition) is 2. The minimum atomic E-state index is -0.527. The Morgan fingerprint density at radius 3 is 2.10 bits per heavy atom. The number of pyridine rings is 1. The lowest BCUT2D eigenvalue weighted by Gasteiger charge is -2.41. The number of carbonyl (C=O) groups is 2. The summed E-state index contributed by atoms with van der Waals surface area (Å²) in [5.74, 6) is 0.873. The van der Waals surface area contributed by atoms with E-state index in [1.807, 2.05) is 45.0 Å². The van der Waals surface area contributed by atoms with Gasteiger partial charge in [0, 0.05) is 50.3 Å². The number of piperazine rings is 1. The number of carbonyl (C=O) groups excluding carboxylic acids is 2. The highest BCUT2D eigenvalue weighted by Gasteiger charge is 2.43. The third-order valence-corrected chi connectivity index (χ3v) is 7.61. The van der Waals surface area contributed by atoms with Crippen LogP contribution in [0.25, 0.3) is 11.1 Å². The van der Waals surface area contributed by atoms with Crippen LogP contribution in [0.3, 0.4) is 0 Å². The number of aliphatic imine (C=N–C) groups is 1. The summed E-state index contributed by atoms with van der Waals surface area (Å²) in [7, 11) is 0. The van der Waals surface area contributed by atoms with Crippen molar-refractivity contribution in [1.29, 1.82) is 0 Å². The number of nitrogen functional groups attached to an aromatic ring is 1. The maximum absolute atomic E-state index is 13.1. The lowest BCUT2D eigenvalue weighted by molar-refractivity contribution is 0.0240. The first kappa shape index (κ1) is 28.0. The summed E-state index contributed by atoms with van der Waals surface area (Å²) >= 11 is 0. The Kier molecular flexibility index (Phi) is 7.61. The van der Waals surface area contributed by atoms with E-state index in [1.54, 1.807) is 29.4 Å². The van der Waals surface area contributed by atoms with E-state index in [-0.39, 0.29) is 12.0 Å². The van der Waals surface area contributed by atoms with Crippen molar-refractivity contribution in [2.75, 3.05) is 36.8 Å². The average molecular weight is 557 g/mol. The predicted molar refractivity (Wildman–Crippen MR) is 158 cm³/mol. The number of amides is 2. The van der Waals surface area contributed by atoms with Crippen LogP contribution >= 0.6 is 0 Å². The standard InChI is InChI=1S/C30H36N8O3/c1-29(2,3)41-28(40)38-15-13-37(14-16-38)24-10-7-21(17-33-24)25(39)36-26(31)30(11-4-12-30)23-8-5-20(6-9-23)22-18-34-27(32)35-19-22/h5-10,17-19H,4,11-16H2,1-3H3,(H2,31,36,39)(H2,32,34,35). The van der Waals surface area contributed by atoms with Gasteiger partial charge in [0.15, 0.2) is 0 Å². The van der Waals surface area contributed by atoms with Crippen molar-refractivity contribution in [3.05, 3.63) is 66.1 Å². The molecule has 3 aromatic rings. The van der Waals surface area contributed by atoms with Crippen LogP contribution < -0.4 is 16.4 Å². The van der Waals surface area contributed by atoms with Gasteiger partial charge in [-0.15, -0.1) is 0 Å². The molecule has 2 amide bonds. The molecular weight excluding hydrogens is 520 g/mol. The molecule has 2 aliphatic rings. The second-order valence-electron chi connectivity index (χ2n) is 11.5. The first-order valence-corrected chi connectivity index (χ1v) is 13.8. The molecule has 0 bridgehead atoms. The Hall–Kier alpha value is -4.54. The number of nitrogens with zero attached hydrogens (tertiary/aromatic N) is 6. The van der Waals surface area contributed by atoms with Gasteiger partial charge in [0.05, 0.1) is 11.0 Å². The first-order valence-electron chi connectivity index (χ1n) is 13.8. The van der Waals surface area contributed by atoms with Crippen molar-refractivity contribution in [3.63, 3.8) is 0 Å². The summed E-state index contributed by atoms with van der Waals surface area (Å²) in [5.41, 5.74) is 14.3. The molecule has 11 nitrogen and oxygen atoms in total. The predicted octanol–water partition coefficient (Wildman–Crippen LogP) is 3.80. The summed E-state index contributed by atoms with van der Waals surface area (Å²) in [4.78, 5) is 46.1. The molecule has 1 saturated heterocycles. The molecule has 0 spiro atoms. The summed E-state index contributed by atoms with van der Waals surface area (Å²) in [6, 6.07) is 11.6. The van der Waals surface area contributed by atoms with Gasteiger partial charge < -0.3 is 26.0 Å². The minimum Gasteiger partial charge on any atom is -0.444 e. The lowest BCUT2D eigenvalue weighted by atomic mass is 9.63. The van der Waals surface area contributed by atoms with Crippen molar-refractivity contribution < 1.29 is 14.3 Å². The Morgan fingerprint density at radius 1 is 0.902 bits per heavy atom. The van der Waals surface area contributed by atoms with Gasteiger partial charge in [-0.05, 0) is 56.9 Å². The van der Waals surface area contributed by atoms with Crippen LogP contribution in [0.1, 0.15) is 56.0 Å². The number of ether oxygens (including phenoxy) is 1. The number of nitrogens with two attached hydrogens (primary N) is 2. The average Bonchev–Trinajstić information content (AvgIpc) is 2.92. The molecule has 2 fully saturated rings. The van der Waals surface area contributed by atoms with E-state index in [0.717, 1.165) is 41.8 Å². The molecule has 1 saturated carbocycles. The summed E-state index contributed by atoms with van der Waals surface area (Å²) in [6.45, 7) is 7.88. The van der Waals surface area contributed by atoms with E-state index in [9.17, 15) is 9.59 Å². The van der Waals surface area contributed by atoms with Gasteiger partial charge in [-0.2, -0.15) is 4.99 Å². The molecule has 5 rings (SSSR count). The smallest absolute Gasteiger partial charge is 0.410 e. The van der Waals surface area contributed by atoms with Crippen molar-refractivity contribution in [2.45, 2.75) is 51.0 Å². The van der Waals surface area contributed by atoms with E-state index in [1.165, 1.54) is 6.20 Å². The molecule has 1 aromatic carbocycles. The van der Waals surface area contributed by atoms with Crippen LogP contribution in [-0.2, 0) is 10.2 Å². The summed E-state index contributed by atoms with van der Waals surface area (Å²) < 4.78 is 5.47. The topological polar surface area (TPSA) is 153 Å². The first-order chi connectivity index (χ1) is 19.5. The zero-order chi connectivity index (χ0) is 29.2. The Morgan fingerprint density at radius 2 is 1.56 bits per heavy atom. The van der Waals surface area contributed by atoms with Crippen molar-refractivity contribution in [3.8, 4) is 11.1 Å². The zero-order valence-electron chi connectivity index (χ0n) is 23.7. The number of rotatable bonds is 5. The number of anilines is 2. The quantitative estimate of drug-likeness (QED) is 0.353. The fraction of sp³-hybridized carbons (Fsp3) is 0.400. The van der Waals surface area contributed by atoms with Gasteiger partial charge >= 0.3 is 6.09 Å². The van der Waals surface area contributed by atoms with Gasteiger partial charge in [-0.25, -0.2) is 19.7 Å². The highest BCUT2D eigenvalue weighted by molar-refractivity contribution is 6.06.